The molecule has 2 rings (SSSR count). The highest BCUT2D eigenvalue weighted by molar-refractivity contribution is 7.98. The molecule has 0 aliphatic rings. The Balaban J connectivity index is 2.19. The first kappa shape index (κ1) is 14.1. The number of halogens is 1. The predicted molar refractivity (Wildman–Crippen MR) is 79.2 cm³/mol. The average molecular weight is 280 g/mol. The van der Waals surface area contributed by atoms with Crippen molar-refractivity contribution in [3.05, 3.63) is 36.1 Å². The number of hydrogen-bond donors (Lipinski definition) is 2. The molecular formula is C14H17FN2OS. The van der Waals surface area contributed by atoms with E-state index in [4.69, 9.17) is 5.11 Å². The van der Waals surface area contributed by atoms with Gasteiger partial charge < -0.3 is 10.4 Å². The average Bonchev–Trinajstić information content (AvgIpc) is 2.39. The van der Waals surface area contributed by atoms with Crippen LogP contribution in [0.25, 0.3) is 10.9 Å². The molecule has 2 aromatic rings. The van der Waals surface area contributed by atoms with E-state index in [1.807, 2.05) is 18.4 Å². The molecule has 0 bridgehead atoms. The molecule has 0 saturated heterocycles. The lowest BCUT2D eigenvalue weighted by atomic mass is 10.2. The summed E-state index contributed by atoms with van der Waals surface area (Å²) in [7, 11) is 0. The Morgan fingerprint density at radius 3 is 2.89 bits per heavy atom. The number of benzene rings is 1. The van der Waals surface area contributed by atoms with E-state index in [0.29, 0.717) is 17.8 Å². The lowest BCUT2D eigenvalue weighted by Gasteiger charge is -2.17. The molecule has 3 nitrogen and oxygen atoms in total. The van der Waals surface area contributed by atoms with Gasteiger partial charge in [0.25, 0.3) is 0 Å². The summed E-state index contributed by atoms with van der Waals surface area (Å²) in [5.41, 5.74) is 0.636. The number of thioether (sulfide) groups is 1. The molecule has 0 radical (unpaired) electrons. The van der Waals surface area contributed by atoms with E-state index in [2.05, 4.69) is 10.3 Å². The van der Waals surface area contributed by atoms with Crippen LogP contribution in [-0.4, -0.2) is 34.7 Å². The first-order valence-electron chi connectivity index (χ1n) is 6.15. The Bertz CT molecular complexity index is 544. The summed E-state index contributed by atoms with van der Waals surface area (Å²) in [6.07, 6.45) is 2.69. The van der Waals surface area contributed by atoms with Crippen molar-refractivity contribution in [1.29, 1.82) is 0 Å². The number of aliphatic hydroxyl groups excluding tert-OH is 1. The first-order valence-corrected chi connectivity index (χ1v) is 7.55. The van der Waals surface area contributed by atoms with Gasteiger partial charge >= 0.3 is 0 Å². The molecule has 1 aromatic carbocycles. The molecule has 0 aliphatic heterocycles. The molecule has 0 spiro atoms. The van der Waals surface area contributed by atoms with Crippen LogP contribution >= 0.6 is 11.8 Å². The highest BCUT2D eigenvalue weighted by atomic mass is 32.2. The maximum absolute atomic E-state index is 13.2. The fourth-order valence-electron chi connectivity index (χ4n) is 1.93. The molecule has 5 heteroatoms. The molecule has 0 saturated carbocycles. The maximum Gasteiger partial charge on any atom is 0.126 e. The quantitative estimate of drug-likeness (QED) is 0.854. The van der Waals surface area contributed by atoms with Crippen LogP contribution in [0, 0.1) is 5.82 Å². The molecule has 19 heavy (non-hydrogen) atoms. The third-order valence-corrected chi connectivity index (χ3v) is 3.59. The summed E-state index contributed by atoms with van der Waals surface area (Å²) < 4.78 is 13.2. The molecule has 102 valence electrons. The van der Waals surface area contributed by atoms with Crippen LogP contribution in [0.4, 0.5) is 10.2 Å². The van der Waals surface area contributed by atoms with Gasteiger partial charge in [0.1, 0.15) is 11.6 Å². The van der Waals surface area contributed by atoms with Crippen LogP contribution in [0.1, 0.15) is 6.42 Å². The number of nitrogens with one attached hydrogen (secondary N) is 1. The van der Waals surface area contributed by atoms with Crippen molar-refractivity contribution in [2.24, 2.45) is 0 Å². The summed E-state index contributed by atoms with van der Waals surface area (Å²) in [6, 6.07) is 8.53. The second-order valence-electron chi connectivity index (χ2n) is 4.34. The monoisotopic (exact) mass is 280 g/mol. The van der Waals surface area contributed by atoms with Gasteiger partial charge in [-0.1, -0.05) is 0 Å². The second kappa shape index (κ2) is 6.73. The van der Waals surface area contributed by atoms with Gasteiger partial charge in [-0.15, -0.1) is 0 Å². The number of pyridine rings is 1. The first-order chi connectivity index (χ1) is 9.22. The third kappa shape index (κ3) is 3.81. The molecule has 0 aliphatic carbocycles. The van der Waals surface area contributed by atoms with Gasteiger partial charge in [0.15, 0.2) is 0 Å². The number of aliphatic hydroxyl groups is 1. The second-order valence-corrected chi connectivity index (χ2v) is 5.25. The minimum atomic E-state index is -0.284. The lowest BCUT2D eigenvalue weighted by molar-refractivity contribution is 0.282. The van der Waals surface area contributed by atoms with Crippen molar-refractivity contribution in [3.8, 4) is 0 Å². The molecule has 1 heterocycles. The Morgan fingerprint density at radius 2 is 2.16 bits per heavy atom. The van der Waals surface area contributed by atoms with Crippen molar-refractivity contribution < 1.29 is 9.50 Å². The van der Waals surface area contributed by atoms with Crippen LogP contribution in [0.3, 0.4) is 0 Å². The normalized spacial score (nSPS) is 12.6. The standard InChI is InChI=1S/C14H17FN2OS/c1-19-9-12(6-7-18)16-14-5-3-10-2-4-11(15)8-13(10)17-14/h2-5,8,12,18H,6-7,9H2,1H3,(H,16,17). The number of nitrogens with zero attached hydrogens (tertiary/aromatic N) is 1. The minimum absolute atomic E-state index is 0.139. The van der Waals surface area contributed by atoms with Crippen molar-refractivity contribution in [1.82, 2.24) is 4.98 Å². The van der Waals surface area contributed by atoms with Crippen molar-refractivity contribution in [3.63, 3.8) is 0 Å². The van der Waals surface area contributed by atoms with Gasteiger partial charge in [-0.25, -0.2) is 9.37 Å². The summed E-state index contributed by atoms with van der Waals surface area (Å²) in [5.74, 6) is 1.32. The van der Waals surface area contributed by atoms with Gasteiger partial charge in [-0.3, -0.25) is 0 Å². The van der Waals surface area contributed by atoms with Crippen LogP contribution in [-0.2, 0) is 0 Å². The number of rotatable bonds is 6. The summed E-state index contributed by atoms with van der Waals surface area (Å²) in [4.78, 5) is 4.40. The fraction of sp³-hybridized carbons (Fsp3) is 0.357. The highest BCUT2D eigenvalue weighted by Crippen LogP contribution is 2.17. The van der Waals surface area contributed by atoms with Gasteiger partial charge in [0.2, 0.25) is 0 Å². The van der Waals surface area contributed by atoms with Gasteiger partial charge in [0, 0.05) is 29.9 Å². The SMILES string of the molecule is CSCC(CCO)Nc1ccc2ccc(F)cc2n1. The predicted octanol–water partition coefficient (Wildman–Crippen LogP) is 2.90. The molecule has 0 fully saturated rings. The van der Waals surface area contributed by atoms with Gasteiger partial charge in [-0.2, -0.15) is 11.8 Å². The minimum Gasteiger partial charge on any atom is -0.396 e. The van der Waals surface area contributed by atoms with E-state index in [9.17, 15) is 4.39 Å². The molecule has 1 aromatic heterocycles. The zero-order valence-electron chi connectivity index (χ0n) is 10.8. The summed E-state index contributed by atoms with van der Waals surface area (Å²) in [6.45, 7) is 0.139. The number of anilines is 1. The molecular weight excluding hydrogens is 263 g/mol. The van der Waals surface area contributed by atoms with Crippen LogP contribution < -0.4 is 5.32 Å². The Hall–Kier alpha value is -1.33. The maximum atomic E-state index is 13.2. The van der Waals surface area contributed by atoms with E-state index in [-0.39, 0.29) is 18.5 Å². The van der Waals surface area contributed by atoms with E-state index >= 15 is 0 Å². The largest absolute Gasteiger partial charge is 0.396 e. The Labute approximate surface area is 116 Å². The van der Waals surface area contributed by atoms with Crippen molar-refractivity contribution in [2.45, 2.75) is 12.5 Å². The van der Waals surface area contributed by atoms with E-state index in [1.54, 1.807) is 17.8 Å². The van der Waals surface area contributed by atoms with Crippen molar-refractivity contribution in [2.75, 3.05) is 23.9 Å². The molecule has 1 unspecified atom stereocenters. The van der Waals surface area contributed by atoms with Crippen molar-refractivity contribution >= 4 is 28.5 Å². The fourth-order valence-corrected chi connectivity index (χ4v) is 2.59. The van der Waals surface area contributed by atoms with Gasteiger partial charge in [0.05, 0.1) is 5.52 Å². The van der Waals surface area contributed by atoms with E-state index in [1.165, 1.54) is 12.1 Å². The highest BCUT2D eigenvalue weighted by Gasteiger charge is 2.08. The molecule has 1 atom stereocenters. The topological polar surface area (TPSA) is 45.1 Å². The third-order valence-electron chi connectivity index (χ3n) is 2.85. The van der Waals surface area contributed by atoms with Crippen LogP contribution in [0.5, 0.6) is 0 Å². The van der Waals surface area contributed by atoms with E-state index < -0.39 is 0 Å². The molecule has 2 N–H and O–H groups in total. The summed E-state index contributed by atoms with van der Waals surface area (Å²) >= 11 is 1.71. The van der Waals surface area contributed by atoms with Crippen LogP contribution in [0.15, 0.2) is 30.3 Å². The van der Waals surface area contributed by atoms with Gasteiger partial charge in [-0.05, 0) is 36.9 Å². The van der Waals surface area contributed by atoms with Crippen LogP contribution in [0.2, 0.25) is 0 Å². The number of fused-ring (bicyclic) bond motifs is 1. The zero-order chi connectivity index (χ0) is 13.7. The smallest absolute Gasteiger partial charge is 0.126 e. The number of hydrogen-bond acceptors (Lipinski definition) is 4. The summed E-state index contributed by atoms with van der Waals surface area (Å²) in [5, 5.41) is 13.2. The van der Waals surface area contributed by atoms with E-state index in [0.717, 1.165) is 11.1 Å². The zero-order valence-corrected chi connectivity index (χ0v) is 11.6. The number of aromatic nitrogens is 1. The molecule has 0 amide bonds. The Kier molecular flexibility index (Phi) is 4.99. The lowest BCUT2D eigenvalue weighted by Crippen LogP contribution is -2.24. The Morgan fingerprint density at radius 1 is 1.37 bits per heavy atom.